The predicted molar refractivity (Wildman–Crippen MR) is 61.6 cm³/mol. The Balaban J connectivity index is 4.79. The minimum absolute atomic E-state index is 0.0522. The number of thiol groups is 1. The van der Waals surface area contributed by atoms with E-state index in [0.717, 1.165) is 0 Å². The Hall–Kier alpha value is 0.0200. The molecule has 15 heavy (non-hydrogen) atoms. The molecule has 1 N–H and O–H groups in total. The van der Waals surface area contributed by atoms with Crippen molar-refractivity contribution in [1.82, 2.24) is 0 Å². The first-order valence-electron chi connectivity index (χ1n) is 4.81. The smallest absolute Gasteiger partial charge is 0.262 e. The predicted octanol–water partition coefficient (Wildman–Crippen LogP) is 1.05. The Labute approximate surface area is 92.8 Å². The van der Waals surface area contributed by atoms with Crippen molar-refractivity contribution in [3.05, 3.63) is 0 Å². The maximum absolute atomic E-state index is 12.1. The summed E-state index contributed by atoms with van der Waals surface area (Å²) < 4.78 is 46.1. The van der Waals surface area contributed by atoms with E-state index < -0.39 is 20.6 Å². The zero-order chi connectivity index (χ0) is 12.3. The molecule has 94 valence electrons. The summed E-state index contributed by atoms with van der Waals surface area (Å²) in [5.41, 5.74) is 0. The molecule has 0 unspecified atom stereocenters. The molecule has 0 aliphatic rings. The molecule has 0 aromatic rings. The van der Waals surface area contributed by atoms with Gasteiger partial charge in [-0.05, 0) is 11.8 Å². The van der Waals surface area contributed by atoms with Crippen molar-refractivity contribution in [1.29, 1.82) is 0 Å². The van der Waals surface area contributed by atoms with Gasteiger partial charge in [-0.1, -0.05) is 27.7 Å². The molecular weight excluding hydrogens is 240 g/mol. The van der Waals surface area contributed by atoms with Crippen LogP contribution in [-0.4, -0.2) is 28.7 Å². The van der Waals surface area contributed by atoms with Crippen LogP contribution in [0.3, 0.4) is 0 Å². The standard InChI is InChI=1S/C8H20O5S2/c1-7(2)5-14(9,6-8(3)4)13-15(10,11)12/h7-8,14H,5-6H2,1-4H3,(H,10,11,12). The minimum Gasteiger partial charge on any atom is -0.262 e. The van der Waals surface area contributed by atoms with Gasteiger partial charge < -0.3 is 0 Å². The van der Waals surface area contributed by atoms with Crippen molar-refractivity contribution >= 4 is 20.6 Å². The molecule has 0 aliphatic heterocycles. The molecule has 5 nitrogen and oxygen atoms in total. The normalized spacial score (nSPS) is 14.9. The first-order chi connectivity index (χ1) is 6.54. The Morgan fingerprint density at radius 3 is 1.67 bits per heavy atom. The van der Waals surface area contributed by atoms with E-state index >= 15 is 0 Å². The molecule has 0 saturated heterocycles. The van der Waals surface area contributed by atoms with Crippen LogP contribution in [0.15, 0.2) is 0 Å². The van der Waals surface area contributed by atoms with Gasteiger partial charge in [-0.15, -0.1) is 3.63 Å². The SMILES string of the molecule is CC(C)C[SH](=O)(CC(C)C)OS(=O)(=O)O. The lowest BCUT2D eigenvalue weighted by Gasteiger charge is -2.29. The highest BCUT2D eigenvalue weighted by atomic mass is 32.3. The lowest BCUT2D eigenvalue weighted by Crippen LogP contribution is -2.31. The second-order valence-corrected chi connectivity index (χ2v) is 8.28. The summed E-state index contributed by atoms with van der Waals surface area (Å²) in [6, 6.07) is 0. The molecule has 0 amide bonds. The van der Waals surface area contributed by atoms with Crippen molar-refractivity contribution in [2.75, 3.05) is 11.5 Å². The molecule has 0 aromatic carbocycles. The third-order valence-electron chi connectivity index (χ3n) is 1.52. The highest BCUT2D eigenvalue weighted by molar-refractivity contribution is 8.05. The summed E-state index contributed by atoms with van der Waals surface area (Å²) in [6.45, 7) is 7.28. The van der Waals surface area contributed by atoms with Gasteiger partial charge in [0.25, 0.3) is 0 Å². The van der Waals surface area contributed by atoms with E-state index in [1.54, 1.807) is 0 Å². The first kappa shape index (κ1) is 15.0. The molecule has 0 saturated carbocycles. The van der Waals surface area contributed by atoms with Crippen molar-refractivity contribution < 1.29 is 20.8 Å². The van der Waals surface area contributed by atoms with Gasteiger partial charge in [0.2, 0.25) is 0 Å². The molecule has 0 bridgehead atoms. The van der Waals surface area contributed by atoms with Crippen LogP contribution in [-0.2, 0) is 24.2 Å². The van der Waals surface area contributed by atoms with Crippen molar-refractivity contribution in [2.45, 2.75) is 27.7 Å². The second kappa shape index (κ2) is 5.38. The van der Waals surface area contributed by atoms with Crippen molar-refractivity contribution in [2.24, 2.45) is 11.8 Å². The van der Waals surface area contributed by atoms with Gasteiger partial charge in [0.1, 0.15) is 0 Å². The van der Waals surface area contributed by atoms with Gasteiger partial charge in [-0.25, -0.2) is 4.21 Å². The number of hydrogen-bond donors (Lipinski definition) is 2. The fraction of sp³-hybridized carbons (Fsp3) is 1.00. The Morgan fingerprint density at radius 1 is 1.13 bits per heavy atom. The molecule has 0 fully saturated rings. The van der Waals surface area contributed by atoms with Crippen LogP contribution in [0.4, 0.5) is 0 Å². The number of hydrogen-bond acceptors (Lipinski definition) is 4. The maximum atomic E-state index is 12.1. The van der Waals surface area contributed by atoms with Crippen LogP contribution in [0.25, 0.3) is 0 Å². The summed E-state index contributed by atoms with van der Waals surface area (Å²) in [4.78, 5) is 0. The zero-order valence-corrected chi connectivity index (χ0v) is 11.2. The average Bonchev–Trinajstić information content (AvgIpc) is 1.73. The molecular formula is C8H20O5S2. The first-order valence-corrected chi connectivity index (χ1v) is 8.17. The van der Waals surface area contributed by atoms with Gasteiger partial charge in [-0.3, -0.25) is 4.55 Å². The Kier molecular flexibility index (Phi) is 5.39. The number of rotatable bonds is 6. The maximum Gasteiger partial charge on any atom is 0.415 e. The molecule has 0 spiro atoms. The van der Waals surface area contributed by atoms with Crippen LogP contribution in [0.2, 0.25) is 0 Å². The van der Waals surface area contributed by atoms with Crippen LogP contribution in [0, 0.1) is 11.8 Å². The Bertz CT molecular complexity index is 317. The summed E-state index contributed by atoms with van der Waals surface area (Å²) in [6.07, 6.45) is 0. The molecule has 0 heterocycles. The van der Waals surface area contributed by atoms with Crippen LogP contribution < -0.4 is 0 Å². The van der Waals surface area contributed by atoms with Gasteiger partial charge in [0, 0.05) is 11.5 Å². The lowest BCUT2D eigenvalue weighted by molar-refractivity contribution is 0.390. The fourth-order valence-corrected chi connectivity index (χ4v) is 5.65. The quantitative estimate of drug-likeness (QED) is 0.551. The van der Waals surface area contributed by atoms with Crippen LogP contribution >= 0.6 is 0 Å². The monoisotopic (exact) mass is 260 g/mol. The molecule has 0 atom stereocenters. The van der Waals surface area contributed by atoms with Gasteiger partial charge in [0.05, 0.1) is 0 Å². The van der Waals surface area contributed by atoms with Crippen molar-refractivity contribution in [3.63, 3.8) is 0 Å². The Morgan fingerprint density at radius 2 is 1.47 bits per heavy atom. The van der Waals surface area contributed by atoms with E-state index in [9.17, 15) is 12.6 Å². The largest absolute Gasteiger partial charge is 0.415 e. The van der Waals surface area contributed by atoms with Gasteiger partial charge in [-0.2, -0.15) is 18.6 Å². The van der Waals surface area contributed by atoms with E-state index in [4.69, 9.17) is 4.55 Å². The van der Waals surface area contributed by atoms with Crippen LogP contribution in [0.5, 0.6) is 0 Å². The van der Waals surface area contributed by atoms with E-state index in [-0.39, 0.29) is 23.3 Å². The molecule has 0 aliphatic carbocycles. The van der Waals surface area contributed by atoms with E-state index in [2.05, 4.69) is 3.63 Å². The van der Waals surface area contributed by atoms with Crippen LogP contribution in [0.1, 0.15) is 27.7 Å². The highest BCUT2D eigenvalue weighted by Gasteiger charge is 2.21. The van der Waals surface area contributed by atoms with Crippen molar-refractivity contribution in [3.8, 4) is 0 Å². The lowest BCUT2D eigenvalue weighted by atomic mass is 10.3. The average molecular weight is 260 g/mol. The summed E-state index contributed by atoms with van der Waals surface area (Å²) in [7, 11) is -7.93. The van der Waals surface area contributed by atoms with Gasteiger partial charge in [0.15, 0.2) is 0 Å². The van der Waals surface area contributed by atoms with E-state index in [1.165, 1.54) is 0 Å². The molecule has 0 aromatic heterocycles. The summed E-state index contributed by atoms with van der Waals surface area (Å²) in [5.74, 6) is 0.420. The van der Waals surface area contributed by atoms with Gasteiger partial charge >= 0.3 is 10.4 Å². The fourth-order valence-electron chi connectivity index (χ4n) is 1.42. The van der Waals surface area contributed by atoms with E-state index in [1.807, 2.05) is 27.7 Å². The molecule has 0 radical (unpaired) electrons. The van der Waals surface area contributed by atoms with E-state index in [0.29, 0.717) is 0 Å². The third kappa shape index (κ3) is 7.89. The topological polar surface area (TPSA) is 80.7 Å². The second-order valence-electron chi connectivity index (χ2n) is 4.47. The molecule has 0 rings (SSSR count). The minimum atomic E-state index is -4.64. The zero-order valence-electron chi connectivity index (χ0n) is 9.50. The summed E-state index contributed by atoms with van der Waals surface area (Å²) in [5, 5.41) is 0. The molecule has 7 heteroatoms. The summed E-state index contributed by atoms with van der Waals surface area (Å²) >= 11 is 0. The highest BCUT2D eigenvalue weighted by Crippen LogP contribution is 2.18. The third-order valence-corrected chi connectivity index (χ3v) is 5.93.